The normalized spacial score (nSPS) is 11.8. The molecule has 6 nitrogen and oxygen atoms in total. The van der Waals surface area contributed by atoms with E-state index in [0.717, 1.165) is 76.9 Å². The highest BCUT2D eigenvalue weighted by molar-refractivity contribution is 6.15. The average Bonchev–Trinajstić information content (AvgIpc) is 3.73. The third kappa shape index (κ3) is 4.13. The molecule has 10 aromatic rings. The Hall–Kier alpha value is -6.66. The lowest BCUT2D eigenvalue weighted by molar-refractivity contribution is 0.654. The monoisotopic (exact) mass is 616 g/mol. The van der Waals surface area contributed by atoms with Gasteiger partial charge in [-0.15, -0.1) is 0 Å². The van der Waals surface area contributed by atoms with Gasteiger partial charge in [-0.05, 0) is 64.4 Å². The fraction of sp³-hybridized carbons (Fsp3) is 0. The molecule has 6 heteroatoms. The largest absolute Gasteiger partial charge is 0.456 e. The van der Waals surface area contributed by atoms with Gasteiger partial charge in [0.05, 0.1) is 0 Å². The lowest BCUT2D eigenvalue weighted by Gasteiger charge is -2.13. The highest BCUT2D eigenvalue weighted by Gasteiger charge is 2.20. The predicted octanol–water partition coefficient (Wildman–Crippen LogP) is 10.9. The van der Waals surface area contributed by atoms with E-state index in [-0.39, 0.29) is 0 Å². The fourth-order valence-corrected chi connectivity index (χ4v) is 6.85. The van der Waals surface area contributed by atoms with E-state index in [4.69, 9.17) is 23.8 Å². The van der Waals surface area contributed by atoms with Crippen LogP contribution in [0.2, 0.25) is 0 Å². The van der Waals surface area contributed by atoms with Gasteiger partial charge >= 0.3 is 0 Å². The van der Waals surface area contributed by atoms with Gasteiger partial charge < -0.3 is 8.83 Å². The molecule has 0 radical (unpaired) electrons. The molecule has 0 aliphatic heterocycles. The zero-order valence-corrected chi connectivity index (χ0v) is 25.5. The van der Waals surface area contributed by atoms with Crippen molar-refractivity contribution < 1.29 is 8.83 Å². The Morgan fingerprint density at radius 2 is 1.04 bits per heavy atom. The number of aromatic nitrogens is 4. The van der Waals surface area contributed by atoms with Gasteiger partial charge in [-0.3, -0.25) is 0 Å². The van der Waals surface area contributed by atoms with Crippen molar-refractivity contribution in [2.45, 2.75) is 0 Å². The molecule has 0 unspecified atom stereocenters. The van der Waals surface area contributed by atoms with Crippen LogP contribution in [0.3, 0.4) is 0 Å². The number of furan rings is 2. The smallest absolute Gasteiger partial charge is 0.227 e. The Morgan fingerprint density at radius 3 is 1.92 bits per heavy atom. The maximum Gasteiger partial charge on any atom is 0.227 e. The van der Waals surface area contributed by atoms with E-state index >= 15 is 0 Å². The summed E-state index contributed by atoms with van der Waals surface area (Å²) in [6, 6.07) is 47.2. The van der Waals surface area contributed by atoms with Crippen LogP contribution in [-0.4, -0.2) is 19.9 Å². The first-order valence-corrected chi connectivity index (χ1v) is 15.8. The summed E-state index contributed by atoms with van der Waals surface area (Å²) >= 11 is 0. The molecule has 10 rings (SSSR count). The van der Waals surface area contributed by atoms with Gasteiger partial charge in [0.1, 0.15) is 16.7 Å². The van der Waals surface area contributed by atoms with Gasteiger partial charge in [0, 0.05) is 44.4 Å². The summed E-state index contributed by atoms with van der Waals surface area (Å²) in [4.78, 5) is 19.8. The van der Waals surface area contributed by atoms with Crippen LogP contribution in [-0.2, 0) is 0 Å². The SMILES string of the molecule is c1ccc(-c2nc(-c3cc(-c4cccc5oc6ncccc6c45)c4ccccc4c3)nc(-c3cccc4oc5ccccc5c34)n2)cc1. The molecule has 6 aromatic carbocycles. The van der Waals surface area contributed by atoms with Crippen LogP contribution in [0.5, 0.6) is 0 Å². The Morgan fingerprint density at radius 1 is 0.396 bits per heavy atom. The number of hydrogen-bond acceptors (Lipinski definition) is 6. The maximum absolute atomic E-state index is 6.23. The standard InChI is InChI=1S/C42H24N4O2/c1-2-11-25(12-3-1)39-44-40(46-41(45-39)31-17-9-20-35-38(31)30-15-6-7-19-34(30)47-35)27-23-26-13-4-5-14-28(26)33(24-27)29-16-8-21-36-37(29)32-18-10-22-43-42(32)48-36/h1-24H. The topological polar surface area (TPSA) is 77.8 Å². The molecule has 4 aromatic heterocycles. The van der Waals surface area contributed by atoms with E-state index in [1.807, 2.05) is 78.9 Å². The van der Waals surface area contributed by atoms with Crippen LogP contribution in [0, 0.1) is 0 Å². The van der Waals surface area contributed by atoms with E-state index in [1.165, 1.54) is 0 Å². The second-order valence-corrected chi connectivity index (χ2v) is 11.8. The van der Waals surface area contributed by atoms with Gasteiger partial charge in [-0.1, -0.05) is 97.1 Å². The minimum absolute atomic E-state index is 0.583. The Labute approximate surface area is 274 Å². The Balaban J connectivity index is 1.26. The first-order valence-electron chi connectivity index (χ1n) is 15.8. The van der Waals surface area contributed by atoms with Crippen molar-refractivity contribution in [2.24, 2.45) is 0 Å². The highest BCUT2D eigenvalue weighted by Crippen LogP contribution is 2.41. The predicted molar refractivity (Wildman–Crippen MR) is 191 cm³/mol. The summed E-state index contributed by atoms with van der Waals surface area (Å²) < 4.78 is 12.4. The summed E-state index contributed by atoms with van der Waals surface area (Å²) in [6.45, 7) is 0. The van der Waals surface area contributed by atoms with Crippen molar-refractivity contribution in [1.82, 2.24) is 19.9 Å². The number of fused-ring (bicyclic) bond motifs is 7. The van der Waals surface area contributed by atoms with E-state index in [1.54, 1.807) is 6.20 Å². The molecule has 0 saturated heterocycles. The zero-order chi connectivity index (χ0) is 31.6. The number of para-hydroxylation sites is 1. The van der Waals surface area contributed by atoms with Crippen molar-refractivity contribution in [3.05, 3.63) is 146 Å². The van der Waals surface area contributed by atoms with Crippen LogP contribution in [0.1, 0.15) is 0 Å². The molecule has 0 aliphatic rings. The number of rotatable bonds is 4. The van der Waals surface area contributed by atoms with Crippen LogP contribution in [0.15, 0.2) is 155 Å². The molecule has 48 heavy (non-hydrogen) atoms. The molecule has 224 valence electrons. The van der Waals surface area contributed by atoms with Gasteiger partial charge in [-0.25, -0.2) is 19.9 Å². The third-order valence-corrected chi connectivity index (χ3v) is 8.99. The molecule has 0 amide bonds. The number of hydrogen-bond donors (Lipinski definition) is 0. The summed E-state index contributed by atoms with van der Waals surface area (Å²) in [5.41, 5.74) is 7.84. The van der Waals surface area contributed by atoms with Crippen molar-refractivity contribution in [3.63, 3.8) is 0 Å². The summed E-state index contributed by atoms with van der Waals surface area (Å²) in [7, 11) is 0. The first-order chi connectivity index (χ1) is 23.8. The van der Waals surface area contributed by atoms with E-state index in [9.17, 15) is 0 Å². The number of nitrogens with zero attached hydrogens (tertiary/aromatic N) is 4. The number of pyridine rings is 1. The van der Waals surface area contributed by atoms with E-state index < -0.39 is 0 Å². The average molecular weight is 617 g/mol. The lowest BCUT2D eigenvalue weighted by Crippen LogP contribution is -2.00. The molecular weight excluding hydrogens is 592 g/mol. The highest BCUT2D eigenvalue weighted by atomic mass is 16.3. The minimum Gasteiger partial charge on any atom is -0.456 e. The van der Waals surface area contributed by atoms with Crippen LogP contribution in [0.4, 0.5) is 0 Å². The van der Waals surface area contributed by atoms with Crippen LogP contribution < -0.4 is 0 Å². The number of benzene rings is 6. The minimum atomic E-state index is 0.583. The second-order valence-electron chi connectivity index (χ2n) is 11.8. The van der Waals surface area contributed by atoms with Gasteiger partial charge in [0.15, 0.2) is 17.5 Å². The van der Waals surface area contributed by atoms with E-state index in [0.29, 0.717) is 23.2 Å². The molecule has 0 saturated carbocycles. The van der Waals surface area contributed by atoms with Gasteiger partial charge in [0.25, 0.3) is 0 Å². The van der Waals surface area contributed by atoms with Gasteiger partial charge in [-0.2, -0.15) is 0 Å². The zero-order valence-electron chi connectivity index (χ0n) is 25.5. The Bertz CT molecular complexity index is 2850. The molecule has 4 heterocycles. The first kappa shape index (κ1) is 26.5. The van der Waals surface area contributed by atoms with Crippen LogP contribution in [0.25, 0.3) is 100 Å². The molecule has 0 aliphatic carbocycles. The summed E-state index contributed by atoms with van der Waals surface area (Å²) in [5, 5.41) is 6.22. The van der Waals surface area contributed by atoms with Gasteiger partial charge in [0.2, 0.25) is 5.71 Å². The van der Waals surface area contributed by atoms with Crippen molar-refractivity contribution >= 4 is 54.8 Å². The fourth-order valence-electron chi connectivity index (χ4n) is 6.85. The lowest BCUT2D eigenvalue weighted by atomic mass is 9.92. The maximum atomic E-state index is 6.23. The molecule has 0 atom stereocenters. The molecular formula is C42H24N4O2. The second kappa shape index (κ2) is 10.4. The van der Waals surface area contributed by atoms with Crippen molar-refractivity contribution in [1.29, 1.82) is 0 Å². The molecule has 0 fully saturated rings. The molecule has 0 bridgehead atoms. The van der Waals surface area contributed by atoms with Crippen LogP contribution >= 0.6 is 0 Å². The van der Waals surface area contributed by atoms with Crippen molar-refractivity contribution in [3.8, 4) is 45.3 Å². The molecule has 0 spiro atoms. The summed E-state index contributed by atoms with van der Waals surface area (Å²) in [5.74, 6) is 1.77. The summed E-state index contributed by atoms with van der Waals surface area (Å²) in [6.07, 6.45) is 1.76. The third-order valence-electron chi connectivity index (χ3n) is 8.99. The molecule has 0 N–H and O–H groups in total. The van der Waals surface area contributed by atoms with E-state index in [2.05, 4.69) is 65.6 Å². The quantitative estimate of drug-likeness (QED) is 0.196. The van der Waals surface area contributed by atoms with Crippen molar-refractivity contribution in [2.75, 3.05) is 0 Å². The Kier molecular flexibility index (Phi) is 5.77.